The van der Waals surface area contributed by atoms with Crippen LogP contribution in [0.25, 0.3) is 22.9 Å². The Labute approximate surface area is 104 Å². The molecule has 0 fully saturated rings. The van der Waals surface area contributed by atoms with Crippen LogP contribution in [-0.4, -0.2) is 15.2 Å². The number of hydrogen-bond donors (Lipinski definition) is 0. The Morgan fingerprint density at radius 2 is 1.72 bits per heavy atom. The monoisotopic (exact) mass is 237 g/mol. The second-order valence-corrected chi connectivity index (χ2v) is 4.02. The number of pyridine rings is 1. The minimum absolute atomic E-state index is 0.486. The fourth-order valence-corrected chi connectivity index (χ4v) is 1.72. The van der Waals surface area contributed by atoms with E-state index in [2.05, 4.69) is 15.2 Å². The number of rotatable bonds is 2. The van der Waals surface area contributed by atoms with E-state index in [0.717, 1.165) is 16.7 Å². The molecule has 0 aliphatic heterocycles. The van der Waals surface area contributed by atoms with Gasteiger partial charge >= 0.3 is 0 Å². The lowest BCUT2D eigenvalue weighted by molar-refractivity contribution is 0.584. The van der Waals surface area contributed by atoms with Crippen molar-refractivity contribution in [3.8, 4) is 22.9 Å². The summed E-state index contributed by atoms with van der Waals surface area (Å²) in [7, 11) is 0. The zero-order chi connectivity index (χ0) is 12.4. The molecule has 0 atom stereocenters. The summed E-state index contributed by atoms with van der Waals surface area (Å²) in [6.45, 7) is 2.03. The Hall–Kier alpha value is -2.49. The highest BCUT2D eigenvalue weighted by atomic mass is 16.4. The summed E-state index contributed by atoms with van der Waals surface area (Å²) in [5.41, 5.74) is 2.91. The highest BCUT2D eigenvalue weighted by molar-refractivity contribution is 5.57. The standard InChI is InChI=1S/C14H11N3O/c1-10-4-2-5-11(8-10)13-16-17-14(18-13)12-6-3-7-15-9-12/h2-9H,1H3. The fraction of sp³-hybridized carbons (Fsp3) is 0.0714. The van der Waals surface area contributed by atoms with E-state index in [1.807, 2.05) is 43.3 Å². The van der Waals surface area contributed by atoms with Crippen molar-refractivity contribution in [2.45, 2.75) is 6.92 Å². The zero-order valence-corrected chi connectivity index (χ0v) is 9.87. The van der Waals surface area contributed by atoms with E-state index < -0.39 is 0 Å². The second kappa shape index (κ2) is 4.41. The van der Waals surface area contributed by atoms with Gasteiger partial charge in [-0.15, -0.1) is 10.2 Å². The van der Waals surface area contributed by atoms with Crippen LogP contribution in [0.1, 0.15) is 5.56 Å². The maximum atomic E-state index is 5.65. The molecule has 0 amide bonds. The van der Waals surface area contributed by atoms with Crippen molar-refractivity contribution in [2.24, 2.45) is 0 Å². The Bertz CT molecular complexity index is 662. The summed E-state index contributed by atoms with van der Waals surface area (Å²) in [6, 6.07) is 11.7. The molecule has 2 heterocycles. The van der Waals surface area contributed by atoms with Gasteiger partial charge in [0.05, 0.1) is 5.56 Å². The lowest BCUT2D eigenvalue weighted by atomic mass is 10.1. The molecule has 0 aliphatic carbocycles. The average Bonchev–Trinajstić information content (AvgIpc) is 2.89. The molecule has 0 spiro atoms. The van der Waals surface area contributed by atoms with E-state index >= 15 is 0 Å². The van der Waals surface area contributed by atoms with Crippen molar-refractivity contribution < 1.29 is 4.42 Å². The molecule has 0 N–H and O–H groups in total. The van der Waals surface area contributed by atoms with E-state index in [4.69, 9.17) is 4.42 Å². The first-order valence-electron chi connectivity index (χ1n) is 5.64. The van der Waals surface area contributed by atoms with Crippen LogP contribution in [0.3, 0.4) is 0 Å². The highest BCUT2D eigenvalue weighted by Gasteiger charge is 2.10. The number of benzene rings is 1. The smallest absolute Gasteiger partial charge is 0.249 e. The van der Waals surface area contributed by atoms with Gasteiger partial charge < -0.3 is 4.42 Å². The zero-order valence-electron chi connectivity index (χ0n) is 9.87. The average molecular weight is 237 g/mol. The number of aryl methyl sites for hydroxylation is 1. The van der Waals surface area contributed by atoms with Gasteiger partial charge in [0.25, 0.3) is 0 Å². The quantitative estimate of drug-likeness (QED) is 0.687. The van der Waals surface area contributed by atoms with Crippen molar-refractivity contribution in [1.82, 2.24) is 15.2 Å². The third kappa shape index (κ3) is 2.00. The molecule has 4 heteroatoms. The van der Waals surface area contributed by atoms with Gasteiger partial charge in [-0.05, 0) is 31.2 Å². The molecule has 2 aromatic heterocycles. The number of aromatic nitrogens is 3. The number of hydrogen-bond acceptors (Lipinski definition) is 4. The second-order valence-electron chi connectivity index (χ2n) is 4.02. The van der Waals surface area contributed by atoms with E-state index in [9.17, 15) is 0 Å². The van der Waals surface area contributed by atoms with Crippen LogP contribution in [0, 0.1) is 6.92 Å². The normalized spacial score (nSPS) is 10.5. The van der Waals surface area contributed by atoms with Crippen molar-refractivity contribution in [3.05, 3.63) is 54.4 Å². The maximum absolute atomic E-state index is 5.65. The predicted octanol–water partition coefficient (Wildman–Crippen LogP) is 3.11. The van der Waals surface area contributed by atoms with Crippen molar-refractivity contribution in [3.63, 3.8) is 0 Å². The molecule has 3 rings (SSSR count). The molecule has 0 bridgehead atoms. The molecule has 88 valence electrons. The lowest BCUT2D eigenvalue weighted by Crippen LogP contribution is -1.78. The van der Waals surface area contributed by atoms with Crippen LogP contribution >= 0.6 is 0 Å². The van der Waals surface area contributed by atoms with Crippen molar-refractivity contribution in [2.75, 3.05) is 0 Å². The molecule has 0 aliphatic rings. The van der Waals surface area contributed by atoms with Gasteiger partial charge in [0.2, 0.25) is 11.8 Å². The largest absolute Gasteiger partial charge is 0.416 e. The summed E-state index contributed by atoms with van der Waals surface area (Å²) in [6.07, 6.45) is 3.41. The minimum Gasteiger partial charge on any atom is -0.416 e. The molecule has 4 nitrogen and oxygen atoms in total. The molecule has 0 radical (unpaired) electrons. The molecule has 1 aromatic carbocycles. The SMILES string of the molecule is Cc1cccc(-c2nnc(-c3cccnc3)o2)c1. The Balaban J connectivity index is 2.00. The Morgan fingerprint density at radius 3 is 2.44 bits per heavy atom. The third-order valence-electron chi connectivity index (χ3n) is 2.60. The first-order chi connectivity index (χ1) is 8.83. The van der Waals surface area contributed by atoms with Crippen LogP contribution < -0.4 is 0 Å². The van der Waals surface area contributed by atoms with Gasteiger partial charge in [-0.3, -0.25) is 4.98 Å². The van der Waals surface area contributed by atoms with Gasteiger partial charge in [0.15, 0.2) is 0 Å². The van der Waals surface area contributed by atoms with Gasteiger partial charge in [0.1, 0.15) is 0 Å². The van der Waals surface area contributed by atoms with E-state index in [1.165, 1.54) is 0 Å². The first kappa shape index (κ1) is 10.7. The Morgan fingerprint density at radius 1 is 0.944 bits per heavy atom. The summed E-state index contributed by atoms with van der Waals surface area (Å²) in [5, 5.41) is 8.10. The molecule has 0 saturated heterocycles. The predicted molar refractivity (Wildman–Crippen MR) is 67.7 cm³/mol. The Kier molecular flexibility index (Phi) is 2.61. The highest BCUT2D eigenvalue weighted by Crippen LogP contribution is 2.23. The summed E-state index contributed by atoms with van der Waals surface area (Å²) in [4.78, 5) is 4.03. The summed E-state index contributed by atoms with van der Waals surface area (Å²) < 4.78 is 5.65. The molecule has 0 unspecified atom stereocenters. The van der Waals surface area contributed by atoms with Gasteiger partial charge in [-0.2, -0.15) is 0 Å². The van der Waals surface area contributed by atoms with E-state index in [0.29, 0.717) is 11.8 Å². The molecule has 0 saturated carbocycles. The van der Waals surface area contributed by atoms with Crippen LogP contribution in [-0.2, 0) is 0 Å². The van der Waals surface area contributed by atoms with Crippen molar-refractivity contribution in [1.29, 1.82) is 0 Å². The topological polar surface area (TPSA) is 51.8 Å². The van der Waals surface area contributed by atoms with Crippen LogP contribution in [0.5, 0.6) is 0 Å². The molecule has 18 heavy (non-hydrogen) atoms. The van der Waals surface area contributed by atoms with E-state index in [1.54, 1.807) is 12.4 Å². The van der Waals surface area contributed by atoms with Gasteiger partial charge in [-0.1, -0.05) is 17.7 Å². The first-order valence-corrected chi connectivity index (χ1v) is 5.64. The van der Waals surface area contributed by atoms with Gasteiger partial charge in [-0.25, -0.2) is 0 Å². The fourth-order valence-electron chi connectivity index (χ4n) is 1.72. The third-order valence-corrected chi connectivity index (χ3v) is 2.60. The lowest BCUT2D eigenvalue weighted by Gasteiger charge is -1.96. The van der Waals surface area contributed by atoms with Gasteiger partial charge in [0, 0.05) is 18.0 Å². The molecule has 3 aromatic rings. The minimum atomic E-state index is 0.486. The van der Waals surface area contributed by atoms with Crippen LogP contribution in [0.2, 0.25) is 0 Å². The summed E-state index contributed by atoms with van der Waals surface area (Å²) in [5.74, 6) is 1.01. The van der Waals surface area contributed by atoms with Crippen molar-refractivity contribution >= 4 is 0 Å². The molecular weight excluding hydrogens is 226 g/mol. The number of nitrogens with zero attached hydrogens (tertiary/aromatic N) is 3. The maximum Gasteiger partial charge on any atom is 0.249 e. The van der Waals surface area contributed by atoms with E-state index in [-0.39, 0.29) is 0 Å². The molecular formula is C14H11N3O. The van der Waals surface area contributed by atoms with Crippen LogP contribution in [0.4, 0.5) is 0 Å². The summed E-state index contributed by atoms with van der Waals surface area (Å²) >= 11 is 0. The van der Waals surface area contributed by atoms with Crippen LogP contribution in [0.15, 0.2) is 53.2 Å².